The third kappa shape index (κ3) is 3.56. The van der Waals surface area contributed by atoms with Crippen LogP contribution in [0.1, 0.15) is 64.7 Å². The van der Waals surface area contributed by atoms with Gasteiger partial charge in [-0.25, -0.2) is 4.98 Å². The molecule has 0 radical (unpaired) electrons. The highest BCUT2D eigenvalue weighted by Gasteiger charge is 2.19. The van der Waals surface area contributed by atoms with Gasteiger partial charge in [0.25, 0.3) is 0 Å². The van der Waals surface area contributed by atoms with E-state index in [0.717, 1.165) is 6.42 Å². The molecule has 0 spiro atoms. The smallest absolute Gasteiger partial charge is 0.110 e. The summed E-state index contributed by atoms with van der Waals surface area (Å²) in [5, 5.41) is 6.94. The molecule has 3 heteroatoms. The van der Waals surface area contributed by atoms with Crippen LogP contribution in [0.25, 0.3) is 0 Å². The second kappa shape index (κ2) is 5.28. The third-order valence-electron chi connectivity index (χ3n) is 2.81. The molecule has 0 bridgehead atoms. The van der Waals surface area contributed by atoms with E-state index in [9.17, 15) is 0 Å². The molecule has 1 heterocycles. The fourth-order valence-electron chi connectivity index (χ4n) is 1.45. The summed E-state index contributed by atoms with van der Waals surface area (Å²) >= 11 is 1.76. The molecular weight excluding hydrogens is 216 g/mol. The predicted molar refractivity (Wildman–Crippen MR) is 72.1 cm³/mol. The van der Waals surface area contributed by atoms with Gasteiger partial charge in [0.1, 0.15) is 5.01 Å². The van der Waals surface area contributed by atoms with Crippen LogP contribution < -0.4 is 5.32 Å². The Hall–Kier alpha value is -0.410. The SMILES string of the molecule is CCC(C)NC(C)c1nc(C(C)(C)C)cs1. The van der Waals surface area contributed by atoms with Gasteiger partial charge < -0.3 is 5.32 Å². The molecule has 0 aliphatic rings. The van der Waals surface area contributed by atoms with Gasteiger partial charge in [-0.05, 0) is 20.3 Å². The summed E-state index contributed by atoms with van der Waals surface area (Å²) < 4.78 is 0. The monoisotopic (exact) mass is 240 g/mol. The van der Waals surface area contributed by atoms with Gasteiger partial charge in [0.2, 0.25) is 0 Å². The Morgan fingerprint density at radius 1 is 1.38 bits per heavy atom. The zero-order valence-corrected chi connectivity index (χ0v) is 12.1. The van der Waals surface area contributed by atoms with E-state index < -0.39 is 0 Å². The maximum Gasteiger partial charge on any atom is 0.110 e. The van der Waals surface area contributed by atoms with Crippen molar-refractivity contribution < 1.29 is 0 Å². The zero-order chi connectivity index (χ0) is 12.3. The van der Waals surface area contributed by atoms with Gasteiger partial charge in [0.05, 0.1) is 11.7 Å². The Bertz CT molecular complexity index is 325. The Morgan fingerprint density at radius 3 is 2.44 bits per heavy atom. The highest BCUT2D eigenvalue weighted by molar-refractivity contribution is 7.09. The lowest BCUT2D eigenvalue weighted by molar-refractivity contribution is 0.465. The van der Waals surface area contributed by atoms with Crippen molar-refractivity contribution in [2.45, 2.75) is 65.5 Å². The summed E-state index contributed by atoms with van der Waals surface area (Å²) in [6, 6.07) is 0.910. The van der Waals surface area contributed by atoms with E-state index in [1.165, 1.54) is 10.7 Å². The largest absolute Gasteiger partial charge is 0.306 e. The van der Waals surface area contributed by atoms with Crippen LogP contribution in [0.15, 0.2) is 5.38 Å². The first-order chi connectivity index (χ1) is 7.34. The highest BCUT2D eigenvalue weighted by Crippen LogP contribution is 2.26. The third-order valence-corrected chi connectivity index (χ3v) is 3.84. The van der Waals surface area contributed by atoms with E-state index >= 15 is 0 Å². The summed E-state index contributed by atoms with van der Waals surface area (Å²) in [4.78, 5) is 4.72. The lowest BCUT2D eigenvalue weighted by Gasteiger charge is -2.17. The molecule has 2 atom stereocenters. The number of aromatic nitrogens is 1. The van der Waals surface area contributed by atoms with Crippen molar-refractivity contribution in [3.63, 3.8) is 0 Å². The fraction of sp³-hybridized carbons (Fsp3) is 0.769. The maximum atomic E-state index is 4.72. The molecule has 2 unspecified atom stereocenters. The summed E-state index contributed by atoms with van der Waals surface area (Å²) in [7, 11) is 0. The first kappa shape index (κ1) is 13.7. The molecule has 0 aliphatic carbocycles. The second-order valence-corrected chi connectivity index (χ2v) is 6.41. The van der Waals surface area contributed by atoms with Crippen molar-refractivity contribution in [1.82, 2.24) is 10.3 Å². The second-order valence-electron chi connectivity index (χ2n) is 5.52. The minimum Gasteiger partial charge on any atom is -0.306 e. The van der Waals surface area contributed by atoms with E-state index in [1.54, 1.807) is 11.3 Å². The maximum absolute atomic E-state index is 4.72. The van der Waals surface area contributed by atoms with E-state index in [-0.39, 0.29) is 5.41 Å². The first-order valence-corrected chi connectivity index (χ1v) is 6.94. The quantitative estimate of drug-likeness (QED) is 0.863. The van der Waals surface area contributed by atoms with Crippen LogP contribution in [0.5, 0.6) is 0 Å². The van der Waals surface area contributed by atoms with Gasteiger partial charge in [0.15, 0.2) is 0 Å². The van der Waals surface area contributed by atoms with Crippen molar-refractivity contribution in [1.29, 1.82) is 0 Å². The lowest BCUT2D eigenvalue weighted by Crippen LogP contribution is -2.28. The van der Waals surface area contributed by atoms with Crippen molar-refractivity contribution >= 4 is 11.3 Å². The molecular formula is C13H24N2S. The average Bonchev–Trinajstić information content (AvgIpc) is 2.65. The molecule has 1 rings (SSSR count). The van der Waals surface area contributed by atoms with E-state index in [2.05, 4.69) is 52.2 Å². The Labute approximate surface area is 103 Å². The summed E-state index contributed by atoms with van der Waals surface area (Å²) in [6.45, 7) is 13.2. The van der Waals surface area contributed by atoms with Crippen molar-refractivity contribution in [2.24, 2.45) is 0 Å². The standard InChI is InChI=1S/C13H24N2S/c1-7-9(2)14-10(3)12-15-11(8-16-12)13(4,5)6/h8-10,14H,7H2,1-6H3. The Balaban J connectivity index is 2.71. The molecule has 0 fully saturated rings. The van der Waals surface area contributed by atoms with Gasteiger partial charge in [-0.2, -0.15) is 0 Å². The number of thiazole rings is 1. The number of nitrogens with one attached hydrogen (secondary N) is 1. The topological polar surface area (TPSA) is 24.9 Å². The highest BCUT2D eigenvalue weighted by atomic mass is 32.1. The van der Waals surface area contributed by atoms with Crippen LogP contribution >= 0.6 is 11.3 Å². The number of nitrogens with zero attached hydrogens (tertiary/aromatic N) is 1. The number of rotatable bonds is 4. The molecule has 0 amide bonds. The predicted octanol–water partition coefficient (Wildman–Crippen LogP) is 3.89. The number of hydrogen-bond donors (Lipinski definition) is 1. The lowest BCUT2D eigenvalue weighted by atomic mass is 9.93. The van der Waals surface area contributed by atoms with Gasteiger partial charge in [-0.15, -0.1) is 11.3 Å². The Kier molecular flexibility index (Phi) is 4.51. The van der Waals surface area contributed by atoms with Crippen LogP contribution in [-0.4, -0.2) is 11.0 Å². The molecule has 1 N–H and O–H groups in total. The van der Waals surface area contributed by atoms with Crippen LogP contribution in [0.2, 0.25) is 0 Å². The molecule has 0 aromatic carbocycles. The van der Waals surface area contributed by atoms with Crippen molar-refractivity contribution in [3.8, 4) is 0 Å². The van der Waals surface area contributed by atoms with Gasteiger partial charge in [-0.1, -0.05) is 27.7 Å². The molecule has 0 saturated heterocycles. The minimum atomic E-state index is 0.158. The van der Waals surface area contributed by atoms with Crippen molar-refractivity contribution in [2.75, 3.05) is 0 Å². The normalized spacial score (nSPS) is 16.1. The molecule has 1 aromatic heterocycles. The van der Waals surface area contributed by atoms with E-state index in [1.807, 2.05) is 0 Å². The summed E-state index contributed by atoms with van der Waals surface area (Å²) in [5.41, 5.74) is 1.36. The van der Waals surface area contributed by atoms with Crippen LogP contribution in [-0.2, 0) is 5.41 Å². The van der Waals surface area contributed by atoms with Gasteiger partial charge in [0, 0.05) is 16.8 Å². The molecule has 92 valence electrons. The fourth-order valence-corrected chi connectivity index (χ4v) is 2.51. The van der Waals surface area contributed by atoms with Crippen LogP contribution in [0.3, 0.4) is 0 Å². The van der Waals surface area contributed by atoms with Gasteiger partial charge in [-0.3, -0.25) is 0 Å². The summed E-state index contributed by atoms with van der Waals surface area (Å²) in [6.07, 6.45) is 1.15. The molecule has 1 aromatic rings. The van der Waals surface area contributed by atoms with Crippen molar-refractivity contribution in [3.05, 3.63) is 16.1 Å². The molecule has 16 heavy (non-hydrogen) atoms. The average molecular weight is 240 g/mol. The molecule has 0 saturated carbocycles. The zero-order valence-electron chi connectivity index (χ0n) is 11.3. The van der Waals surface area contributed by atoms with Crippen LogP contribution in [0.4, 0.5) is 0 Å². The Morgan fingerprint density at radius 2 is 2.00 bits per heavy atom. The van der Waals surface area contributed by atoms with Gasteiger partial charge >= 0.3 is 0 Å². The van der Waals surface area contributed by atoms with E-state index in [0.29, 0.717) is 12.1 Å². The van der Waals surface area contributed by atoms with Crippen LogP contribution in [0, 0.1) is 0 Å². The van der Waals surface area contributed by atoms with E-state index in [4.69, 9.17) is 4.98 Å². The molecule has 0 aliphatic heterocycles. The first-order valence-electron chi connectivity index (χ1n) is 6.06. The molecule has 2 nitrogen and oxygen atoms in total. The number of hydrogen-bond acceptors (Lipinski definition) is 3. The summed E-state index contributed by atoms with van der Waals surface area (Å²) in [5.74, 6) is 0. The minimum absolute atomic E-state index is 0.158.